The zero-order valence-corrected chi connectivity index (χ0v) is 33.2. The van der Waals surface area contributed by atoms with E-state index in [1.54, 1.807) is 0 Å². The molecule has 0 saturated carbocycles. The van der Waals surface area contributed by atoms with Gasteiger partial charge in [0.25, 0.3) is 0 Å². The summed E-state index contributed by atoms with van der Waals surface area (Å²) in [5, 5.41) is 0. The van der Waals surface area contributed by atoms with Gasteiger partial charge in [0.2, 0.25) is 0 Å². The van der Waals surface area contributed by atoms with E-state index in [0.29, 0.717) is 0 Å². The first-order valence-corrected chi connectivity index (χ1v) is 19.3. The maximum Gasteiger partial charge on any atom is 0.494 e. The second-order valence-electron chi connectivity index (χ2n) is 16.7. The molecule has 0 radical (unpaired) electrons. The Hall–Kier alpha value is -4.91. The second kappa shape index (κ2) is 14.0. The Labute approximate surface area is 327 Å². The van der Waals surface area contributed by atoms with Crippen LogP contribution in [0.15, 0.2) is 152 Å². The quantitative estimate of drug-likeness (QED) is 0.146. The predicted molar refractivity (Wildman–Crippen MR) is 229 cm³/mol. The molecular formula is C48H49B2NO4. The van der Waals surface area contributed by atoms with Crippen LogP contribution in [0.4, 0.5) is 17.1 Å². The number of hydrogen-bond acceptors (Lipinski definition) is 5. The van der Waals surface area contributed by atoms with Crippen LogP contribution in [0.1, 0.15) is 55.4 Å². The average molecular weight is 726 g/mol. The van der Waals surface area contributed by atoms with E-state index in [1.807, 2.05) is 0 Å². The summed E-state index contributed by atoms with van der Waals surface area (Å²) in [6, 6.07) is 53.9. The molecule has 7 heteroatoms. The van der Waals surface area contributed by atoms with Crippen LogP contribution in [0, 0.1) is 0 Å². The maximum absolute atomic E-state index is 6.40. The topological polar surface area (TPSA) is 40.2 Å². The van der Waals surface area contributed by atoms with Gasteiger partial charge in [0.1, 0.15) is 0 Å². The van der Waals surface area contributed by atoms with E-state index in [4.69, 9.17) is 18.6 Å². The van der Waals surface area contributed by atoms with Gasteiger partial charge in [-0.2, -0.15) is 0 Å². The van der Waals surface area contributed by atoms with E-state index in [1.165, 1.54) is 16.7 Å². The molecule has 2 aliphatic heterocycles. The fourth-order valence-corrected chi connectivity index (χ4v) is 7.22. The Kier molecular flexibility index (Phi) is 9.42. The van der Waals surface area contributed by atoms with E-state index in [0.717, 1.165) is 44.7 Å². The Morgan fingerprint density at radius 2 is 0.691 bits per heavy atom. The van der Waals surface area contributed by atoms with Gasteiger partial charge in [-0.1, -0.05) is 115 Å². The zero-order valence-electron chi connectivity index (χ0n) is 33.2. The molecule has 276 valence electrons. The molecule has 55 heavy (non-hydrogen) atoms. The summed E-state index contributed by atoms with van der Waals surface area (Å²) in [4.78, 5) is 2.30. The largest absolute Gasteiger partial charge is 0.494 e. The van der Waals surface area contributed by atoms with Crippen LogP contribution in [0.3, 0.4) is 0 Å². The summed E-state index contributed by atoms with van der Waals surface area (Å²) in [7, 11) is -0.882. The van der Waals surface area contributed by atoms with E-state index >= 15 is 0 Å². The molecule has 8 rings (SSSR count). The molecule has 0 atom stereocenters. The monoisotopic (exact) mass is 725 g/mol. The first kappa shape index (κ1) is 37.0. The summed E-state index contributed by atoms with van der Waals surface area (Å²) in [5.74, 6) is 0. The lowest BCUT2D eigenvalue weighted by Crippen LogP contribution is -2.41. The molecule has 0 N–H and O–H groups in total. The van der Waals surface area contributed by atoms with Crippen LogP contribution in [-0.2, 0) is 18.6 Å². The number of rotatable bonds is 8. The molecule has 0 amide bonds. The fraction of sp³-hybridized carbons (Fsp3) is 0.250. The van der Waals surface area contributed by atoms with E-state index in [9.17, 15) is 0 Å². The standard InChI is InChI=1S/C48H49B2NO4/c1-45(2)46(3,4)53-49(52-45)38-23-27-40(28-24-38)51(41-29-25-39(26-30-41)50-54-47(5,6)48(7,8)55-50)42-31-32-43(44(33-42)36-17-13-10-14-18-36)37-21-19-35(20-22-37)34-15-11-9-12-16-34/h9-33H,1-8H3. The number of benzene rings is 6. The van der Waals surface area contributed by atoms with E-state index < -0.39 is 36.6 Å². The molecule has 6 aromatic rings. The third-order valence-corrected chi connectivity index (χ3v) is 12.0. The average Bonchev–Trinajstić information content (AvgIpc) is 3.55. The lowest BCUT2D eigenvalue weighted by Gasteiger charge is -2.32. The zero-order chi connectivity index (χ0) is 38.6. The third-order valence-electron chi connectivity index (χ3n) is 12.0. The van der Waals surface area contributed by atoms with Crippen LogP contribution in [-0.4, -0.2) is 36.6 Å². The van der Waals surface area contributed by atoms with Crippen molar-refractivity contribution in [1.82, 2.24) is 0 Å². The van der Waals surface area contributed by atoms with Crippen LogP contribution >= 0.6 is 0 Å². The molecule has 0 aromatic heterocycles. The molecule has 2 aliphatic rings. The van der Waals surface area contributed by atoms with Gasteiger partial charge >= 0.3 is 14.2 Å². The summed E-state index contributed by atoms with van der Waals surface area (Å²) >= 11 is 0. The van der Waals surface area contributed by atoms with Gasteiger partial charge in [0.15, 0.2) is 0 Å². The Balaban J connectivity index is 1.20. The minimum Gasteiger partial charge on any atom is -0.399 e. The molecule has 0 bridgehead atoms. The molecule has 2 heterocycles. The van der Waals surface area contributed by atoms with Crippen molar-refractivity contribution in [2.75, 3.05) is 4.90 Å². The second-order valence-corrected chi connectivity index (χ2v) is 16.7. The van der Waals surface area contributed by atoms with Gasteiger partial charge in [-0.05, 0) is 136 Å². The Bertz CT molecular complexity index is 2160. The van der Waals surface area contributed by atoms with Crippen molar-refractivity contribution in [3.05, 3.63) is 152 Å². The first-order chi connectivity index (χ1) is 26.2. The molecule has 2 saturated heterocycles. The molecule has 0 spiro atoms. The SMILES string of the molecule is CC1(C)OB(c2ccc(N(c3ccc(B4OC(C)(C)C(C)(C)O4)cc3)c3ccc(-c4ccc(-c5ccccc5)cc4)c(-c4ccccc4)c3)cc2)OC1(C)C. The van der Waals surface area contributed by atoms with E-state index in [-0.39, 0.29) is 0 Å². The highest BCUT2D eigenvalue weighted by molar-refractivity contribution is 6.62. The van der Waals surface area contributed by atoms with Crippen molar-refractivity contribution < 1.29 is 18.6 Å². The van der Waals surface area contributed by atoms with Crippen LogP contribution in [0.25, 0.3) is 33.4 Å². The normalized spacial score (nSPS) is 18.0. The van der Waals surface area contributed by atoms with Crippen molar-refractivity contribution in [2.24, 2.45) is 0 Å². The summed E-state index contributed by atoms with van der Waals surface area (Å²) < 4.78 is 25.6. The van der Waals surface area contributed by atoms with Gasteiger partial charge < -0.3 is 23.5 Å². The van der Waals surface area contributed by atoms with Crippen molar-refractivity contribution in [3.63, 3.8) is 0 Å². The molecule has 0 aliphatic carbocycles. The molecule has 0 unspecified atom stereocenters. The summed E-state index contributed by atoms with van der Waals surface area (Å²) in [6.07, 6.45) is 0. The van der Waals surface area contributed by atoms with Crippen LogP contribution in [0.5, 0.6) is 0 Å². The van der Waals surface area contributed by atoms with Gasteiger partial charge in [-0.3, -0.25) is 0 Å². The number of anilines is 3. The summed E-state index contributed by atoms with van der Waals surface area (Å²) in [5.41, 5.74) is 10.4. The lowest BCUT2D eigenvalue weighted by molar-refractivity contribution is 0.00578. The fourth-order valence-electron chi connectivity index (χ4n) is 7.22. The minimum absolute atomic E-state index is 0.418. The number of hydrogen-bond donors (Lipinski definition) is 0. The van der Waals surface area contributed by atoms with Crippen molar-refractivity contribution >= 4 is 42.2 Å². The molecule has 2 fully saturated rings. The van der Waals surface area contributed by atoms with E-state index in [2.05, 4.69) is 212 Å². The molecule has 6 aromatic carbocycles. The molecule has 5 nitrogen and oxygen atoms in total. The summed E-state index contributed by atoms with van der Waals surface area (Å²) in [6.45, 7) is 16.7. The van der Waals surface area contributed by atoms with Crippen molar-refractivity contribution in [1.29, 1.82) is 0 Å². The minimum atomic E-state index is -0.441. The highest BCUT2D eigenvalue weighted by Gasteiger charge is 2.52. The first-order valence-electron chi connectivity index (χ1n) is 19.3. The molecular weight excluding hydrogens is 676 g/mol. The highest BCUT2D eigenvalue weighted by Crippen LogP contribution is 2.42. The highest BCUT2D eigenvalue weighted by atomic mass is 16.7. The maximum atomic E-state index is 6.40. The van der Waals surface area contributed by atoms with Crippen molar-refractivity contribution in [2.45, 2.75) is 77.8 Å². The lowest BCUT2D eigenvalue weighted by atomic mass is 9.79. The number of nitrogens with zero attached hydrogens (tertiary/aromatic N) is 1. The Morgan fingerprint density at radius 1 is 0.345 bits per heavy atom. The van der Waals surface area contributed by atoms with Crippen LogP contribution in [0.2, 0.25) is 0 Å². The third kappa shape index (κ3) is 7.07. The smallest absolute Gasteiger partial charge is 0.399 e. The van der Waals surface area contributed by atoms with Crippen molar-refractivity contribution in [3.8, 4) is 33.4 Å². The van der Waals surface area contributed by atoms with Gasteiger partial charge in [0.05, 0.1) is 22.4 Å². The predicted octanol–water partition coefficient (Wildman–Crippen LogP) is 10.8. The van der Waals surface area contributed by atoms with Gasteiger partial charge in [0, 0.05) is 17.1 Å². The Morgan fingerprint density at radius 3 is 1.13 bits per heavy atom. The van der Waals surface area contributed by atoms with Crippen LogP contribution < -0.4 is 15.8 Å². The van der Waals surface area contributed by atoms with Gasteiger partial charge in [-0.25, -0.2) is 0 Å². The van der Waals surface area contributed by atoms with Gasteiger partial charge in [-0.15, -0.1) is 0 Å².